The number of ether oxygens (including phenoxy) is 1. The summed E-state index contributed by atoms with van der Waals surface area (Å²) in [5.74, 6) is 2.46. The minimum Gasteiger partial charge on any atom is -0.384 e. The number of rotatable bonds is 6. The fourth-order valence-electron chi connectivity index (χ4n) is 2.86. The lowest BCUT2D eigenvalue weighted by molar-refractivity contribution is 0.161. The van der Waals surface area contributed by atoms with Crippen molar-refractivity contribution < 1.29 is 4.74 Å². The van der Waals surface area contributed by atoms with Crippen molar-refractivity contribution in [1.29, 1.82) is 0 Å². The standard InChI is InChI=1S/C15H23N5O/c1-3-5-16-13-10-20-8-6-17-14(20)15(18-13)19-7-4-12(9-19)11-21-2/h6,8,10,12,16H,3-5,7,9,11H2,1-2H3. The van der Waals surface area contributed by atoms with Gasteiger partial charge in [-0.2, -0.15) is 0 Å². The average Bonchev–Trinajstić information content (AvgIpc) is 3.13. The fraction of sp³-hybridized carbons (Fsp3) is 0.600. The fourth-order valence-corrected chi connectivity index (χ4v) is 2.86. The SMILES string of the molecule is CCCNc1cn2ccnc2c(N2CCC(COC)C2)n1. The number of nitrogens with one attached hydrogen (secondary N) is 1. The molecule has 1 N–H and O–H groups in total. The first-order chi connectivity index (χ1) is 10.3. The van der Waals surface area contributed by atoms with Gasteiger partial charge in [0.25, 0.3) is 0 Å². The first kappa shape index (κ1) is 14.1. The van der Waals surface area contributed by atoms with Gasteiger partial charge >= 0.3 is 0 Å². The zero-order valence-electron chi connectivity index (χ0n) is 12.7. The number of methoxy groups -OCH3 is 1. The van der Waals surface area contributed by atoms with E-state index in [1.807, 2.05) is 23.0 Å². The maximum absolute atomic E-state index is 5.28. The third-order valence-corrected chi connectivity index (χ3v) is 3.90. The highest BCUT2D eigenvalue weighted by Gasteiger charge is 2.25. The van der Waals surface area contributed by atoms with Crippen LogP contribution in [0, 0.1) is 5.92 Å². The second-order valence-corrected chi connectivity index (χ2v) is 5.59. The average molecular weight is 289 g/mol. The number of nitrogens with zero attached hydrogens (tertiary/aromatic N) is 4. The third-order valence-electron chi connectivity index (χ3n) is 3.90. The number of fused-ring (bicyclic) bond motifs is 1. The van der Waals surface area contributed by atoms with Crippen LogP contribution in [0.3, 0.4) is 0 Å². The van der Waals surface area contributed by atoms with Crippen LogP contribution in [0.5, 0.6) is 0 Å². The van der Waals surface area contributed by atoms with Crippen LogP contribution in [0.4, 0.5) is 11.6 Å². The first-order valence-electron chi connectivity index (χ1n) is 7.63. The van der Waals surface area contributed by atoms with E-state index in [4.69, 9.17) is 9.72 Å². The van der Waals surface area contributed by atoms with E-state index in [1.54, 1.807) is 7.11 Å². The summed E-state index contributed by atoms with van der Waals surface area (Å²) in [6.07, 6.45) is 8.03. The summed E-state index contributed by atoms with van der Waals surface area (Å²) in [5.41, 5.74) is 0.926. The molecule has 6 heteroatoms. The Kier molecular flexibility index (Phi) is 4.24. The summed E-state index contributed by atoms with van der Waals surface area (Å²) in [5, 5.41) is 3.37. The van der Waals surface area contributed by atoms with Crippen molar-refractivity contribution in [2.75, 3.05) is 43.6 Å². The van der Waals surface area contributed by atoms with E-state index < -0.39 is 0 Å². The van der Waals surface area contributed by atoms with Gasteiger partial charge < -0.3 is 19.4 Å². The van der Waals surface area contributed by atoms with Gasteiger partial charge in [-0.25, -0.2) is 9.97 Å². The third kappa shape index (κ3) is 2.95. The Bertz CT molecular complexity index is 597. The van der Waals surface area contributed by atoms with Gasteiger partial charge in [0.1, 0.15) is 5.82 Å². The van der Waals surface area contributed by atoms with E-state index in [0.717, 1.165) is 56.4 Å². The minimum absolute atomic E-state index is 0.582. The van der Waals surface area contributed by atoms with Crippen LogP contribution in [0.2, 0.25) is 0 Å². The molecule has 6 nitrogen and oxygen atoms in total. The summed E-state index contributed by atoms with van der Waals surface area (Å²) >= 11 is 0. The second kappa shape index (κ2) is 6.30. The van der Waals surface area contributed by atoms with Crippen LogP contribution < -0.4 is 10.2 Å². The maximum atomic E-state index is 5.28. The molecule has 1 aliphatic rings. The lowest BCUT2D eigenvalue weighted by Gasteiger charge is -2.19. The highest BCUT2D eigenvalue weighted by atomic mass is 16.5. The normalized spacial score (nSPS) is 18.6. The molecular formula is C15H23N5O. The van der Waals surface area contributed by atoms with Crippen LogP contribution in [-0.4, -0.2) is 47.7 Å². The quantitative estimate of drug-likeness (QED) is 0.882. The zero-order chi connectivity index (χ0) is 14.7. The van der Waals surface area contributed by atoms with Gasteiger partial charge in [0.2, 0.25) is 0 Å². The molecule has 3 heterocycles. The van der Waals surface area contributed by atoms with Crippen molar-refractivity contribution in [2.24, 2.45) is 5.92 Å². The summed E-state index contributed by atoms with van der Waals surface area (Å²) in [4.78, 5) is 11.6. The Morgan fingerprint density at radius 3 is 3.19 bits per heavy atom. The molecule has 3 rings (SSSR count). The molecule has 0 aromatic carbocycles. The number of hydrogen-bond acceptors (Lipinski definition) is 5. The Labute approximate surface area is 125 Å². The lowest BCUT2D eigenvalue weighted by Crippen LogP contribution is -2.23. The topological polar surface area (TPSA) is 54.7 Å². The Morgan fingerprint density at radius 1 is 1.48 bits per heavy atom. The van der Waals surface area contributed by atoms with Gasteiger partial charge in [-0.05, 0) is 12.8 Å². The molecule has 114 valence electrons. The molecule has 0 amide bonds. The molecule has 0 aliphatic carbocycles. The van der Waals surface area contributed by atoms with Crippen LogP contribution in [0.25, 0.3) is 5.65 Å². The van der Waals surface area contributed by atoms with E-state index in [0.29, 0.717) is 5.92 Å². The van der Waals surface area contributed by atoms with Crippen LogP contribution >= 0.6 is 0 Å². The monoisotopic (exact) mass is 289 g/mol. The molecule has 0 bridgehead atoms. The summed E-state index contributed by atoms with van der Waals surface area (Å²) < 4.78 is 7.32. The lowest BCUT2D eigenvalue weighted by atomic mass is 10.1. The van der Waals surface area contributed by atoms with E-state index >= 15 is 0 Å². The highest BCUT2D eigenvalue weighted by Crippen LogP contribution is 2.26. The van der Waals surface area contributed by atoms with Crippen LogP contribution in [0.15, 0.2) is 18.6 Å². The molecule has 0 spiro atoms. The highest BCUT2D eigenvalue weighted by molar-refractivity contribution is 5.67. The molecule has 2 aromatic heterocycles. The molecule has 1 fully saturated rings. The van der Waals surface area contributed by atoms with Crippen molar-refractivity contribution >= 4 is 17.3 Å². The van der Waals surface area contributed by atoms with Crippen molar-refractivity contribution in [1.82, 2.24) is 14.4 Å². The molecule has 0 radical (unpaired) electrons. The first-order valence-corrected chi connectivity index (χ1v) is 7.63. The molecule has 1 atom stereocenters. The molecule has 1 aliphatic heterocycles. The van der Waals surface area contributed by atoms with Gasteiger partial charge in [0.15, 0.2) is 11.5 Å². The Balaban J connectivity index is 1.87. The molecule has 0 saturated carbocycles. The summed E-state index contributed by atoms with van der Waals surface area (Å²) in [6.45, 7) is 5.90. The smallest absolute Gasteiger partial charge is 0.180 e. The van der Waals surface area contributed by atoms with E-state index in [2.05, 4.69) is 22.1 Å². The van der Waals surface area contributed by atoms with E-state index in [-0.39, 0.29) is 0 Å². The number of anilines is 2. The maximum Gasteiger partial charge on any atom is 0.180 e. The Hall–Kier alpha value is -1.82. The van der Waals surface area contributed by atoms with Crippen molar-refractivity contribution in [3.05, 3.63) is 18.6 Å². The predicted octanol–water partition coefficient (Wildman–Crippen LogP) is 2.02. The predicted molar refractivity (Wildman–Crippen MR) is 84.0 cm³/mol. The van der Waals surface area contributed by atoms with Gasteiger partial charge in [-0.15, -0.1) is 0 Å². The van der Waals surface area contributed by atoms with E-state index in [9.17, 15) is 0 Å². The molecule has 2 aromatic rings. The van der Waals surface area contributed by atoms with Crippen molar-refractivity contribution in [3.63, 3.8) is 0 Å². The molecule has 1 unspecified atom stereocenters. The number of hydrogen-bond donors (Lipinski definition) is 1. The van der Waals surface area contributed by atoms with Gasteiger partial charge in [-0.3, -0.25) is 0 Å². The van der Waals surface area contributed by atoms with Crippen LogP contribution in [0.1, 0.15) is 19.8 Å². The van der Waals surface area contributed by atoms with E-state index in [1.165, 1.54) is 0 Å². The molecule has 21 heavy (non-hydrogen) atoms. The van der Waals surface area contributed by atoms with Gasteiger partial charge in [-0.1, -0.05) is 6.92 Å². The largest absolute Gasteiger partial charge is 0.384 e. The zero-order valence-corrected chi connectivity index (χ0v) is 12.7. The Morgan fingerprint density at radius 2 is 2.38 bits per heavy atom. The minimum atomic E-state index is 0.582. The molecule has 1 saturated heterocycles. The van der Waals surface area contributed by atoms with Gasteiger partial charge in [0, 0.05) is 45.1 Å². The number of imidazole rings is 1. The number of aromatic nitrogens is 3. The summed E-state index contributed by atoms with van der Waals surface area (Å²) in [7, 11) is 1.77. The van der Waals surface area contributed by atoms with Crippen molar-refractivity contribution in [3.8, 4) is 0 Å². The summed E-state index contributed by atoms with van der Waals surface area (Å²) in [6, 6.07) is 0. The van der Waals surface area contributed by atoms with Gasteiger partial charge in [0.05, 0.1) is 12.8 Å². The van der Waals surface area contributed by atoms with Crippen LogP contribution in [-0.2, 0) is 4.74 Å². The molecular weight excluding hydrogens is 266 g/mol. The van der Waals surface area contributed by atoms with Crippen molar-refractivity contribution in [2.45, 2.75) is 19.8 Å². The second-order valence-electron chi connectivity index (χ2n) is 5.59.